The highest BCUT2D eigenvalue weighted by Gasteiger charge is 2.12. The Morgan fingerprint density at radius 2 is 2.00 bits per heavy atom. The van der Waals surface area contributed by atoms with Crippen LogP contribution in [0.5, 0.6) is 0 Å². The largest absolute Gasteiger partial charge is 0.361 e. The third-order valence-electron chi connectivity index (χ3n) is 3.41. The molecule has 0 aliphatic heterocycles. The van der Waals surface area contributed by atoms with E-state index in [0.29, 0.717) is 4.88 Å². The molecule has 112 valence electrons. The number of rotatable bonds is 3. The van der Waals surface area contributed by atoms with Gasteiger partial charge in [-0.3, -0.25) is 20.4 Å². The highest BCUT2D eigenvalue weighted by Crippen LogP contribution is 2.18. The van der Waals surface area contributed by atoms with Gasteiger partial charge in [0.05, 0.1) is 11.3 Å². The Morgan fingerprint density at radius 1 is 1.18 bits per heavy atom. The van der Waals surface area contributed by atoms with Gasteiger partial charge in [0.1, 0.15) is 0 Å². The zero-order valence-corrected chi connectivity index (χ0v) is 12.8. The average Bonchev–Trinajstić information content (AvgIpc) is 3.12. The van der Waals surface area contributed by atoms with Crippen LogP contribution < -0.4 is 10.9 Å². The fourth-order valence-electron chi connectivity index (χ4n) is 2.28. The summed E-state index contributed by atoms with van der Waals surface area (Å²) in [5.74, 6) is -0.549. The van der Waals surface area contributed by atoms with E-state index >= 15 is 0 Å². The molecule has 3 N–H and O–H groups in total. The minimum Gasteiger partial charge on any atom is -0.361 e. The smallest absolute Gasteiger partial charge is 0.280 e. The van der Waals surface area contributed by atoms with E-state index < -0.39 is 0 Å². The molecule has 6 heteroatoms. The van der Waals surface area contributed by atoms with Gasteiger partial charge in [0.2, 0.25) is 5.91 Å². The normalized spacial score (nSPS) is 10.6. The Hall–Kier alpha value is -2.60. The lowest BCUT2D eigenvalue weighted by atomic mass is 10.1. The zero-order valence-electron chi connectivity index (χ0n) is 12.0. The highest BCUT2D eigenvalue weighted by atomic mass is 32.1. The summed E-state index contributed by atoms with van der Waals surface area (Å²) in [4.78, 5) is 27.6. The summed E-state index contributed by atoms with van der Waals surface area (Å²) in [6.07, 6.45) is 2.02. The predicted octanol–water partition coefficient (Wildman–Crippen LogP) is 2.54. The molecule has 0 aliphatic rings. The van der Waals surface area contributed by atoms with Crippen LogP contribution in [0.25, 0.3) is 10.9 Å². The van der Waals surface area contributed by atoms with Gasteiger partial charge >= 0.3 is 0 Å². The van der Waals surface area contributed by atoms with Crippen molar-refractivity contribution in [1.29, 1.82) is 0 Å². The number of amides is 2. The van der Waals surface area contributed by atoms with Crippen LogP contribution in [0.4, 0.5) is 0 Å². The van der Waals surface area contributed by atoms with Crippen LogP contribution in [0.2, 0.25) is 0 Å². The number of fused-ring (bicyclic) bond motifs is 1. The first-order chi connectivity index (χ1) is 10.6. The number of carbonyl (C=O) groups excluding carboxylic acids is 2. The quantitative estimate of drug-likeness (QED) is 0.650. The van der Waals surface area contributed by atoms with Crippen molar-refractivity contribution in [3.05, 3.63) is 57.9 Å². The van der Waals surface area contributed by atoms with E-state index in [1.165, 1.54) is 11.3 Å². The number of hydrogen-bond acceptors (Lipinski definition) is 3. The van der Waals surface area contributed by atoms with E-state index in [-0.39, 0.29) is 18.2 Å². The minimum absolute atomic E-state index is 0.202. The van der Waals surface area contributed by atoms with Crippen LogP contribution in [0.15, 0.2) is 41.9 Å². The van der Waals surface area contributed by atoms with Gasteiger partial charge in [-0.15, -0.1) is 11.3 Å². The summed E-state index contributed by atoms with van der Waals surface area (Å²) in [7, 11) is 0. The van der Waals surface area contributed by atoms with Crippen molar-refractivity contribution in [2.24, 2.45) is 0 Å². The maximum atomic E-state index is 12.0. The van der Waals surface area contributed by atoms with Crippen molar-refractivity contribution >= 4 is 34.1 Å². The number of H-pyrrole nitrogens is 1. The van der Waals surface area contributed by atoms with Crippen molar-refractivity contribution in [3.63, 3.8) is 0 Å². The fourth-order valence-corrected chi connectivity index (χ4v) is 3.10. The molecule has 3 rings (SSSR count). The maximum Gasteiger partial charge on any atom is 0.280 e. The van der Waals surface area contributed by atoms with Crippen LogP contribution in [0.3, 0.4) is 0 Å². The molecule has 2 amide bonds. The lowest BCUT2D eigenvalue weighted by molar-refractivity contribution is -0.121. The SMILES string of the molecule is Cc1ccsc1C(=O)NNC(=O)Cc1c[nH]c2ccccc12. The molecule has 0 saturated heterocycles. The Bertz CT molecular complexity index is 835. The van der Waals surface area contributed by atoms with E-state index in [9.17, 15) is 9.59 Å². The standard InChI is InChI=1S/C16H15N3O2S/c1-10-6-7-22-15(10)16(21)19-18-14(20)8-11-9-17-13-5-3-2-4-12(11)13/h2-7,9,17H,8H2,1H3,(H,18,20)(H,19,21). The van der Waals surface area contributed by atoms with E-state index in [1.54, 1.807) is 0 Å². The number of carbonyl (C=O) groups is 2. The van der Waals surface area contributed by atoms with Crippen molar-refractivity contribution in [2.45, 2.75) is 13.3 Å². The zero-order chi connectivity index (χ0) is 15.5. The van der Waals surface area contributed by atoms with Gasteiger partial charge in [-0.2, -0.15) is 0 Å². The minimum atomic E-state index is -0.292. The number of nitrogens with one attached hydrogen (secondary N) is 3. The molecule has 0 saturated carbocycles. The maximum absolute atomic E-state index is 12.0. The van der Waals surface area contributed by atoms with Gasteiger partial charge in [-0.05, 0) is 35.6 Å². The van der Waals surface area contributed by atoms with Gasteiger partial charge in [-0.1, -0.05) is 18.2 Å². The molecule has 0 atom stereocenters. The molecular formula is C16H15N3O2S. The van der Waals surface area contributed by atoms with E-state index in [4.69, 9.17) is 0 Å². The van der Waals surface area contributed by atoms with Crippen LogP contribution in [0.1, 0.15) is 20.8 Å². The van der Waals surface area contributed by atoms with E-state index in [2.05, 4.69) is 15.8 Å². The lowest BCUT2D eigenvalue weighted by Gasteiger charge is -2.06. The van der Waals surface area contributed by atoms with Crippen molar-refractivity contribution in [2.75, 3.05) is 0 Å². The molecule has 22 heavy (non-hydrogen) atoms. The topological polar surface area (TPSA) is 74.0 Å². The number of hydrogen-bond donors (Lipinski definition) is 3. The highest BCUT2D eigenvalue weighted by molar-refractivity contribution is 7.12. The first kappa shape index (κ1) is 14.3. The fraction of sp³-hybridized carbons (Fsp3) is 0.125. The lowest BCUT2D eigenvalue weighted by Crippen LogP contribution is -2.42. The molecule has 1 aromatic carbocycles. The number of hydrazine groups is 1. The molecule has 0 radical (unpaired) electrons. The summed E-state index contributed by atoms with van der Waals surface area (Å²) in [5.41, 5.74) is 7.69. The summed E-state index contributed by atoms with van der Waals surface area (Å²) in [6, 6.07) is 9.65. The van der Waals surface area contributed by atoms with Gasteiger partial charge in [0.15, 0.2) is 0 Å². The third kappa shape index (κ3) is 2.87. The van der Waals surface area contributed by atoms with Gasteiger partial charge in [0.25, 0.3) is 5.91 Å². The summed E-state index contributed by atoms with van der Waals surface area (Å²) < 4.78 is 0. The van der Waals surface area contributed by atoms with Gasteiger partial charge in [-0.25, -0.2) is 0 Å². The molecular weight excluding hydrogens is 298 g/mol. The van der Waals surface area contributed by atoms with Crippen LogP contribution >= 0.6 is 11.3 Å². The number of aryl methyl sites for hydroxylation is 1. The predicted molar refractivity (Wildman–Crippen MR) is 86.7 cm³/mol. The summed E-state index contributed by atoms with van der Waals surface area (Å²) >= 11 is 1.35. The van der Waals surface area contributed by atoms with Crippen LogP contribution in [-0.4, -0.2) is 16.8 Å². The molecule has 0 fully saturated rings. The van der Waals surface area contributed by atoms with Crippen LogP contribution in [-0.2, 0) is 11.2 Å². The molecule has 3 aromatic rings. The second kappa shape index (κ2) is 6.03. The van der Waals surface area contributed by atoms with Gasteiger partial charge in [0, 0.05) is 17.1 Å². The molecule has 0 bridgehead atoms. The van der Waals surface area contributed by atoms with E-state index in [0.717, 1.165) is 22.0 Å². The first-order valence-electron chi connectivity index (χ1n) is 6.83. The Balaban J connectivity index is 1.61. The van der Waals surface area contributed by atoms with Crippen molar-refractivity contribution in [3.8, 4) is 0 Å². The molecule has 0 aliphatic carbocycles. The second-order valence-corrected chi connectivity index (χ2v) is 5.89. The Kier molecular flexibility index (Phi) is 3.93. The van der Waals surface area contributed by atoms with Crippen molar-refractivity contribution < 1.29 is 9.59 Å². The number of benzene rings is 1. The molecule has 0 spiro atoms. The number of aromatic nitrogens is 1. The second-order valence-electron chi connectivity index (χ2n) is 4.97. The summed E-state index contributed by atoms with van der Waals surface area (Å²) in [6.45, 7) is 1.86. The Labute approximate surface area is 131 Å². The molecule has 2 heterocycles. The Morgan fingerprint density at radius 3 is 2.77 bits per heavy atom. The number of thiophene rings is 1. The molecule has 5 nitrogen and oxygen atoms in total. The third-order valence-corrected chi connectivity index (χ3v) is 4.42. The average molecular weight is 313 g/mol. The number of aromatic amines is 1. The first-order valence-corrected chi connectivity index (χ1v) is 7.71. The molecule has 0 unspecified atom stereocenters. The van der Waals surface area contributed by atoms with E-state index in [1.807, 2.05) is 48.8 Å². The monoisotopic (exact) mass is 313 g/mol. The summed E-state index contributed by atoms with van der Waals surface area (Å²) in [5, 5.41) is 2.86. The molecule has 2 aromatic heterocycles. The van der Waals surface area contributed by atoms with Crippen molar-refractivity contribution in [1.82, 2.24) is 15.8 Å². The van der Waals surface area contributed by atoms with Crippen LogP contribution in [0, 0.1) is 6.92 Å². The van der Waals surface area contributed by atoms with Gasteiger partial charge < -0.3 is 4.98 Å². The number of para-hydroxylation sites is 1.